The van der Waals surface area contributed by atoms with Gasteiger partial charge in [0, 0.05) is 18.4 Å². The van der Waals surface area contributed by atoms with Gasteiger partial charge < -0.3 is 5.32 Å². The molecule has 18 heavy (non-hydrogen) atoms. The molecule has 1 aromatic carbocycles. The Kier molecular flexibility index (Phi) is 2.98. The summed E-state index contributed by atoms with van der Waals surface area (Å²) in [6.45, 7) is 3.92. The average molecular weight is 243 g/mol. The van der Waals surface area contributed by atoms with Gasteiger partial charge in [-0.25, -0.2) is 0 Å². The predicted octanol–water partition coefficient (Wildman–Crippen LogP) is 2.29. The molecule has 1 atom stereocenters. The van der Waals surface area contributed by atoms with E-state index >= 15 is 0 Å². The van der Waals surface area contributed by atoms with Gasteiger partial charge >= 0.3 is 0 Å². The highest BCUT2D eigenvalue weighted by atomic mass is 16.1. The van der Waals surface area contributed by atoms with Crippen LogP contribution in [0.4, 0.5) is 0 Å². The van der Waals surface area contributed by atoms with E-state index in [1.165, 1.54) is 36.0 Å². The van der Waals surface area contributed by atoms with E-state index in [9.17, 15) is 4.79 Å². The van der Waals surface area contributed by atoms with E-state index in [4.69, 9.17) is 0 Å². The highest BCUT2D eigenvalue weighted by Gasteiger charge is 2.35. The minimum Gasteiger partial charge on any atom is -0.316 e. The number of carbonyl (C=O) groups excluding carboxylic acids is 1. The van der Waals surface area contributed by atoms with Crippen LogP contribution >= 0.6 is 0 Å². The molecule has 1 fully saturated rings. The zero-order chi connectivity index (χ0) is 12.6. The van der Waals surface area contributed by atoms with Crippen molar-refractivity contribution >= 4 is 5.78 Å². The molecule has 3 rings (SSSR count). The lowest BCUT2D eigenvalue weighted by atomic mass is 9.82. The molecule has 96 valence electrons. The molecule has 0 bridgehead atoms. The fraction of sp³-hybridized carbons (Fsp3) is 0.562. The van der Waals surface area contributed by atoms with Gasteiger partial charge in [-0.1, -0.05) is 25.1 Å². The number of benzene rings is 1. The van der Waals surface area contributed by atoms with Crippen molar-refractivity contribution in [3.05, 3.63) is 34.9 Å². The maximum Gasteiger partial charge on any atom is 0.144 e. The molecule has 2 nitrogen and oxygen atoms in total. The summed E-state index contributed by atoms with van der Waals surface area (Å²) >= 11 is 0. The third-order valence-corrected chi connectivity index (χ3v) is 4.57. The molecule has 2 heteroatoms. The van der Waals surface area contributed by atoms with Crippen LogP contribution in [0.2, 0.25) is 0 Å². The number of Topliss-reactive ketones (excluding diaryl/α,β-unsaturated/α-hetero) is 1. The van der Waals surface area contributed by atoms with Crippen molar-refractivity contribution in [2.24, 2.45) is 5.41 Å². The standard InChI is InChI=1S/C16H21NO/c1-16(7-8-17-11-16)15(18)10-12-5-6-13-3-2-4-14(13)9-12/h5-6,9,17H,2-4,7-8,10-11H2,1H3. The summed E-state index contributed by atoms with van der Waals surface area (Å²) in [5, 5.41) is 3.30. The third-order valence-electron chi connectivity index (χ3n) is 4.57. The Hall–Kier alpha value is -1.15. The molecule has 1 aliphatic heterocycles. The number of fused-ring (bicyclic) bond motifs is 1. The second kappa shape index (κ2) is 4.51. The van der Waals surface area contributed by atoms with E-state index < -0.39 is 0 Å². The summed E-state index contributed by atoms with van der Waals surface area (Å²) in [6, 6.07) is 6.62. The number of carbonyl (C=O) groups is 1. The number of aryl methyl sites for hydroxylation is 2. The number of ketones is 1. The van der Waals surface area contributed by atoms with Crippen molar-refractivity contribution in [2.75, 3.05) is 13.1 Å². The van der Waals surface area contributed by atoms with Gasteiger partial charge in [0.25, 0.3) is 0 Å². The smallest absolute Gasteiger partial charge is 0.144 e. The Labute approximate surface area is 109 Å². The average Bonchev–Trinajstić information content (AvgIpc) is 2.98. The summed E-state index contributed by atoms with van der Waals surface area (Å²) in [7, 11) is 0. The lowest BCUT2D eigenvalue weighted by molar-refractivity contribution is -0.126. The zero-order valence-corrected chi connectivity index (χ0v) is 11.1. The highest BCUT2D eigenvalue weighted by Crippen LogP contribution is 2.28. The van der Waals surface area contributed by atoms with Gasteiger partial charge in [0.2, 0.25) is 0 Å². The van der Waals surface area contributed by atoms with Crippen LogP contribution in [-0.4, -0.2) is 18.9 Å². The molecule has 0 aromatic heterocycles. The topological polar surface area (TPSA) is 29.1 Å². The first kappa shape index (κ1) is 11.9. The molecular weight excluding hydrogens is 222 g/mol. The molecule has 1 aliphatic carbocycles. The van der Waals surface area contributed by atoms with Crippen molar-refractivity contribution < 1.29 is 4.79 Å². The van der Waals surface area contributed by atoms with Crippen LogP contribution in [0.1, 0.15) is 36.5 Å². The van der Waals surface area contributed by atoms with Crippen LogP contribution in [0, 0.1) is 5.41 Å². The molecule has 1 N–H and O–H groups in total. The van der Waals surface area contributed by atoms with Gasteiger partial charge in [0.15, 0.2) is 0 Å². The van der Waals surface area contributed by atoms with Crippen LogP contribution < -0.4 is 5.32 Å². The molecule has 0 amide bonds. The molecular formula is C16H21NO. The lowest BCUT2D eigenvalue weighted by Crippen LogP contribution is -2.31. The molecule has 2 aliphatic rings. The minimum atomic E-state index is -0.140. The molecule has 1 heterocycles. The number of hydrogen-bond donors (Lipinski definition) is 1. The van der Waals surface area contributed by atoms with Crippen LogP contribution in [0.5, 0.6) is 0 Å². The molecule has 0 saturated carbocycles. The highest BCUT2D eigenvalue weighted by molar-refractivity contribution is 5.87. The van der Waals surface area contributed by atoms with Gasteiger partial charge in [-0.05, 0) is 48.9 Å². The van der Waals surface area contributed by atoms with E-state index in [1.54, 1.807) is 0 Å². The van der Waals surface area contributed by atoms with Crippen molar-refractivity contribution in [3.8, 4) is 0 Å². The van der Waals surface area contributed by atoms with Crippen LogP contribution in [0.15, 0.2) is 18.2 Å². The van der Waals surface area contributed by atoms with E-state index in [-0.39, 0.29) is 5.41 Å². The monoisotopic (exact) mass is 243 g/mol. The number of hydrogen-bond acceptors (Lipinski definition) is 2. The van der Waals surface area contributed by atoms with E-state index in [0.29, 0.717) is 12.2 Å². The van der Waals surface area contributed by atoms with Gasteiger partial charge in [0.1, 0.15) is 5.78 Å². The van der Waals surface area contributed by atoms with E-state index in [0.717, 1.165) is 19.5 Å². The Morgan fingerprint density at radius 2 is 2.17 bits per heavy atom. The van der Waals surface area contributed by atoms with E-state index in [1.807, 2.05) is 0 Å². The van der Waals surface area contributed by atoms with Crippen LogP contribution in [-0.2, 0) is 24.1 Å². The molecule has 0 radical (unpaired) electrons. The first-order valence-electron chi connectivity index (χ1n) is 7.02. The van der Waals surface area contributed by atoms with Crippen LogP contribution in [0.25, 0.3) is 0 Å². The number of rotatable bonds is 3. The second-order valence-electron chi connectivity index (χ2n) is 6.04. The van der Waals surface area contributed by atoms with Gasteiger partial charge in [0.05, 0.1) is 0 Å². The van der Waals surface area contributed by atoms with Gasteiger partial charge in [-0.2, -0.15) is 0 Å². The Balaban J connectivity index is 1.74. The predicted molar refractivity (Wildman–Crippen MR) is 72.8 cm³/mol. The Bertz CT molecular complexity index is 472. The van der Waals surface area contributed by atoms with Crippen LogP contribution in [0.3, 0.4) is 0 Å². The summed E-state index contributed by atoms with van der Waals surface area (Å²) in [4.78, 5) is 12.4. The maximum absolute atomic E-state index is 12.4. The molecule has 0 spiro atoms. The van der Waals surface area contributed by atoms with Crippen molar-refractivity contribution in [3.63, 3.8) is 0 Å². The Morgan fingerprint density at radius 1 is 1.33 bits per heavy atom. The fourth-order valence-electron chi connectivity index (χ4n) is 3.19. The van der Waals surface area contributed by atoms with Gasteiger partial charge in [-0.15, -0.1) is 0 Å². The Morgan fingerprint density at radius 3 is 2.94 bits per heavy atom. The summed E-state index contributed by atoms with van der Waals surface area (Å²) in [5.41, 5.74) is 4.02. The lowest BCUT2D eigenvalue weighted by Gasteiger charge is -2.20. The van der Waals surface area contributed by atoms with Crippen molar-refractivity contribution in [1.82, 2.24) is 5.32 Å². The zero-order valence-electron chi connectivity index (χ0n) is 11.1. The summed E-state index contributed by atoms with van der Waals surface area (Å²) in [5.74, 6) is 0.394. The quantitative estimate of drug-likeness (QED) is 0.882. The van der Waals surface area contributed by atoms with Gasteiger partial charge in [-0.3, -0.25) is 4.79 Å². The molecule has 1 saturated heterocycles. The summed E-state index contributed by atoms with van der Waals surface area (Å²) < 4.78 is 0. The normalized spacial score (nSPS) is 26.3. The first-order valence-corrected chi connectivity index (χ1v) is 7.02. The molecule has 1 unspecified atom stereocenters. The second-order valence-corrected chi connectivity index (χ2v) is 6.04. The van der Waals surface area contributed by atoms with Crippen molar-refractivity contribution in [2.45, 2.75) is 39.0 Å². The third kappa shape index (κ3) is 2.10. The van der Waals surface area contributed by atoms with Crippen molar-refractivity contribution in [1.29, 1.82) is 0 Å². The first-order chi connectivity index (χ1) is 8.67. The molecule has 1 aromatic rings. The van der Waals surface area contributed by atoms with E-state index in [2.05, 4.69) is 30.4 Å². The fourth-order valence-corrected chi connectivity index (χ4v) is 3.19. The maximum atomic E-state index is 12.4. The number of nitrogens with one attached hydrogen (secondary N) is 1. The largest absolute Gasteiger partial charge is 0.316 e. The minimum absolute atomic E-state index is 0.140. The SMILES string of the molecule is CC1(C(=O)Cc2ccc3c(c2)CCC3)CCNC1. The summed E-state index contributed by atoms with van der Waals surface area (Å²) in [6.07, 6.45) is 5.26.